The van der Waals surface area contributed by atoms with Crippen molar-refractivity contribution in [1.82, 2.24) is 5.32 Å². The number of anilines is 1. The fraction of sp³-hybridized carbons (Fsp3) is 0.353. The zero-order valence-corrected chi connectivity index (χ0v) is 13.9. The third-order valence-corrected chi connectivity index (χ3v) is 4.26. The third kappa shape index (κ3) is 4.58. The minimum absolute atomic E-state index is 0.147. The summed E-state index contributed by atoms with van der Waals surface area (Å²) >= 11 is 1.67. The number of nitrogens with one attached hydrogen (secondary N) is 1. The molecule has 0 atom stereocenters. The Hall–Kier alpha value is -1.85. The number of carbonyl (C=O) groups excluding carboxylic acids is 1. The van der Waals surface area contributed by atoms with Gasteiger partial charge in [0.25, 0.3) is 0 Å². The highest BCUT2D eigenvalue weighted by Gasteiger charge is 2.16. The van der Waals surface area contributed by atoms with E-state index in [9.17, 15) is 4.79 Å². The van der Waals surface area contributed by atoms with Gasteiger partial charge in [-0.25, -0.2) is 0 Å². The van der Waals surface area contributed by atoms with Gasteiger partial charge in [-0.1, -0.05) is 6.07 Å². The Labute approximate surface area is 135 Å². The van der Waals surface area contributed by atoms with Crippen LogP contribution in [0.15, 0.2) is 41.8 Å². The molecule has 4 nitrogen and oxygen atoms in total. The van der Waals surface area contributed by atoms with Crippen LogP contribution in [0.3, 0.4) is 0 Å². The molecule has 0 bridgehead atoms. The van der Waals surface area contributed by atoms with Gasteiger partial charge < -0.3 is 15.0 Å². The van der Waals surface area contributed by atoms with Crippen LogP contribution < -0.4 is 15.0 Å². The lowest BCUT2D eigenvalue weighted by atomic mass is 10.2. The van der Waals surface area contributed by atoms with E-state index in [0.717, 1.165) is 24.4 Å². The molecular weight excluding hydrogens is 296 g/mol. The largest absolute Gasteiger partial charge is 0.497 e. The average molecular weight is 318 g/mol. The Balaban J connectivity index is 2.14. The molecule has 0 fully saturated rings. The fourth-order valence-corrected chi connectivity index (χ4v) is 2.89. The van der Waals surface area contributed by atoms with Gasteiger partial charge >= 0.3 is 0 Å². The van der Waals surface area contributed by atoms with Gasteiger partial charge in [0, 0.05) is 17.0 Å². The summed E-state index contributed by atoms with van der Waals surface area (Å²) < 4.78 is 5.19. The van der Waals surface area contributed by atoms with Gasteiger partial charge in [0.15, 0.2) is 0 Å². The summed E-state index contributed by atoms with van der Waals surface area (Å²) in [5.74, 6) is 0.941. The lowest BCUT2D eigenvalue weighted by Crippen LogP contribution is -2.30. The maximum Gasteiger partial charge on any atom is 0.227 e. The van der Waals surface area contributed by atoms with Crippen LogP contribution in [-0.4, -0.2) is 26.6 Å². The molecule has 1 amide bonds. The van der Waals surface area contributed by atoms with E-state index in [1.807, 2.05) is 47.7 Å². The van der Waals surface area contributed by atoms with E-state index in [1.54, 1.807) is 18.4 Å². The third-order valence-electron chi connectivity index (χ3n) is 3.40. The van der Waals surface area contributed by atoms with Crippen molar-refractivity contribution in [2.24, 2.45) is 0 Å². The first-order valence-corrected chi connectivity index (χ1v) is 8.24. The summed E-state index contributed by atoms with van der Waals surface area (Å²) in [4.78, 5) is 15.6. The first-order valence-electron chi connectivity index (χ1n) is 7.36. The molecule has 1 heterocycles. The maximum absolute atomic E-state index is 12.6. The number of amides is 1. The standard InChI is InChI=1S/C17H22N2O2S/c1-18-11-3-6-17(20)19(13-16-5-4-12-22-16)14-7-9-15(21-2)10-8-14/h4-5,7-10,12,18H,3,6,11,13H2,1-2H3. The lowest BCUT2D eigenvalue weighted by Gasteiger charge is -2.22. The number of ether oxygens (including phenoxy) is 1. The molecule has 0 aliphatic rings. The molecule has 2 rings (SSSR count). The minimum atomic E-state index is 0.147. The number of methoxy groups -OCH3 is 1. The van der Waals surface area contributed by atoms with Crippen LogP contribution in [0, 0.1) is 0 Å². The normalized spacial score (nSPS) is 10.5. The topological polar surface area (TPSA) is 41.6 Å². The van der Waals surface area contributed by atoms with Gasteiger partial charge in [-0.15, -0.1) is 11.3 Å². The van der Waals surface area contributed by atoms with Gasteiger partial charge in [0.1, 0.15) is 5.75 Å². The molecule has 1 aromatic carbocycles. The molecular formula is C17H22N2O2S. The molecule has 118 valence electrons. The smallest absolute Gasteiger partial charge is 0.227 e. The quantitative estimate of drug-likeness (QED) is 0.759. The van der Waals surface area contributed by atoms with Crippen LogP contribution in [0.1, 0.15) is 17.7 Å². The average Bonchev–Trinajstić information content (AvgIpc) is 3.06. The van der Waals surface area contributed by atoms with Crippen LogP contribution >= 0.6 is 11.3 Å². The second kappa shape index (κ2) is 8.56. The summed E-state index contributed by atoms with van der Waals surface area (Å²) in [5.41, 5.74) is 0.906. The molecule has 1 N–H and O–H groups in total. The number of hydrogen-bond acceptors (Lipinski definition) is 4. The zero-order chi connectivity index (χ0) is 15.8. The zero-order valence-electron chi connectivity index (χ0n) is 13.0. The molecule has 22 heavy (non-hydrogen) atoms. The first-order chi connectivity index (χ1) is 10.7. The molecule has 0 aliphatic carbocycles. The Morgan fingerprint density at radius 1 is 1.27 bits per heavy atom. The SMILES string of the molecule is CNCCCC(=O)N(Cc1cccs1)c1ccc(OC)cc1. The van der Waals surface area contributed by atoms with Gasteiger partial charge in [0.05, 0.1) is 13.7 Å². The molecule has 1 aromatic heterocycles. The summed E-state index contributed by atoms with van der Waals surface area (Å²) in [6.07, 6.45) is 1.38. The first kappa shape index (κ1) is 16.5. The number of carbonyl (C=O) groups is 1. The summed E-state index contributed by atoms with van der Waals surface area (Å²) in [6, 6.07) is 11.7. The summed E-state index contributed by atoms with van der Waals surface area (Å²) in [7, 11) is 3.54. The van der Waals surface area contributed by atoms with Crippen molar-refractivity contribution >= 4 is 22.9 Å². The van der Waals surface area contributed by atoms with Crippen molar-refractivity contribution in [2.75, 3.05) is 25.6 Å². The monoisotopic (exact) mass is 318 g/mol. The molecule has 0 saturated carbocycles. The predicted molar refractivity (Wildman–Crippen MR) is 91.7 cm³/mol. The Bertz CT molecular complexity index is 567. The molecule has 0 saturated heterocycles. The molecule has 0 unspecified atom stereocenters. The lowest BCUT2D eigenvalue weighted by molar-refractivity contribution is -0.118. The van der Waals surface area contributed by atoms with Crippen LogP contribution in [0.4, 0.5) is 5.69 Å². The van der Waals surface area contributed by atoms with Crippen molar-refractivity contribution in [1.29, 1.82) is 0 Å². The highest BCUT2D eigenvalue weighted by atomic mass is 32.1. The number of rotatable bonds is 8. The van der Waals surface area contributed by atoms with Crippen molar-refractivity contribution in [3.63, 3.8) is 0 Å². The molecule has 0 radical (unpaired) electrons. The molecule has 0 spiro atoms. The molecule has 5 heteroatoms. The van der Waals surface area contributed by atoms with Crippen molar-refractivity contribution in [3.05, 3.63) is 46.7 Å². The van der Waals surface area contributed by atoms with Crippen LogP contribution in [-0.2, 0) is 11.3 Å². The Morgan fingerprint density at radius 2 is 2.05 bits per heavy atom. The number of nitrogens with zero attached hydrogens (tertiary/aromatic N) is 1. The second-order valence-electron chi connectivity index (χ2n) is 4.96. The fourth-order valence-electron chi connectivity index (χ4n) is 2.20. The van der Waals surface area contributed by atoms with Crippen LogP contribution in [0.2, 0.25) is 0 Å². The molecule has 0 aliphatic heterocycles. The maximum atomic E-state index is 12.6. The van der Waals surface area contributed by atoms with Gasteiger partial charge in [0.2, 0.25) is 5.91 Å². The van der Waals surface area contributed by atoms with Gasteiger partial charge in [-0.2, -0.15) is 0 Å². The number of thiophene rings is 1. The van der Waals surface area contributed by atoms with Crippen LogP contribution in [0.25, 0.3) is 0 Å². The molecule has 2 aromatic rings. The van der Waals surface area contributed by atoms with Gasteiger partial charge in [-0.05, 0) is 55.7 Å². The van der Waals surface area contributed by atoms with E-state index in [-0.39, 0.29) is 5.91 Å². The van der Waals surface area contributed by atoms with Gasteiger partial charge in [-0.3, -0.25) is 4.79 Å². The summed E-state index contributed by atoms with van der Waals surface area (Å²) in [6.45, 7) is 1.46. The Kier molecular flexibility index (Phi) is 6.43. The van der Waals surface area contributed by atoms with Crippen molar-refractivity contribution in [2.45, 2.75) is 19.4 Å². The Morgan fingerprint density at radius 3 is 2.64 bits per heavy atom. The van der Waals surface area contributed by atoms with E-state index in [2.05, 4.69) is 11.4 Å². The van der Waals surface area contributed by atoms with Crippen LogP contribution in [0.5, 0.6) is 5.75 Å². The van der Waals surface area contributed by atoms with E-state index >= 15 is 0 Å². The van der Waals surface area contributed by atoms with E-state index in [1.165, 1.54) is 4.88 Å². The van der Waals surface area contributed by atoms with Crippen molar-refractivity contribution < 1.29 is 9.53 Å². The second-order valence-corrected chi connectivity index (χ2v) is 6.00. The highest BCUT2D eigenvalue weighted by molar-refractivity contribution is 7.09. The highest BCUT2D eigenvalue weighted by Crippen LogP contribution is 2.23. The van der Waals surface area contributed by atoms with Crippen molar-refractivity contribution in [3.8, 4) is 5.75 Å². The number of benzene rings is 1. The van der Waals surface area contributed by atoms with E-state index in [0.29, 0.717) is 13.0 Å². The van der Waals surface area contributed by atoms with E-state index in [4.69, 9.17) is 4.74 Å². The predicted octanol–water partition coefficient (Wildman–Crippen LogP) is 3.29. The van der Waals surface area contributed by atoms with E-state index < -0.39 is 0 Å². The summed E-state index contributed by atoms with van der Waals surface area (Å²) in [5, 5.41) is 5.11. The minimum Gasteiger partial charge on any atom is -0.497 e. The number of hydrogen-bond donors (Lipinski definition) is 1.